The molecule has 8 heteroatoms. The van der Waals surface area contributed by atoms with Crippen molar-refractivity contribution in [2.24, 2.45) is 0 Å². The number of carbonyl (C=O) groups is 2. The highest BCUT2D eigenvalue weighted by atomic mass is 16.5. The Morgan fingerprint density at radius 1 is 0.941 bits per heavy atom. The minimum Gasteiger partial charge on any atom is -0.497 e. The number of methoxy groups -OCH3 is 2. The number of benzene rings is 3. The number of fused-ring (bicyclic) bond motifs is 3. The van der Waals surface area contributed by atoms with Crippen LogP contribution in [0, 0.1) is 0 Å². The van der Waals surface area contributed by atoms with Gasteiger partial charge in [0.15, 0.2) is 0 Å². The van der Waals surface area contributed by atoms with Crippen LogP contribution in [0.5, 0.6) is 11.5 Å². The van der Waals surface area contributed by atoms with Crippen molar-refractivity contribution in [2.45, 2.75) is 19.0 Å². The van der Waals surface area contributed by atoms with Crippen molar-refractivity contribution < 1.29 is 19.1 Å². The van der Waals surface area contributed by atoms with Crippen molar-refractivity contribution in [1.82, 2.24) is 9.55 Å². The zero-order chi connectivity index (χ0) is 23.7. The highest BCUT2D eigenvalue weighted by molar-refractivity contribution is 6.05. The Morgan fingerprint density at radius 3 is 2.26 bits per heavy atom. The van der Waals surface area contributed by atoms with Gasteiger partial charge in [-0.25, -0.2) is 4.98 Å². The number of hydrogen-bond donors (Lipinski definition) is 1. The fraction of sp³-hybridized carbons (Fsp3) is 0.192. The van der Waals surface area contributed by atoms with Crippen molar-refractivity contribution in [3.05, 3.63) is 78.4 Å². The Hall–Kier alpha value is -4.33. The van der Waals surface area contributed by atoms with E-state index in [2.05, 4.69) is 5.32 Å². The lowest BCUT2D eigenvalue weighted by atomic mass is 10.1. The lowest BCUT2D eigenvalue weighted by molar-refractivity contribution is -0.124. The minimum absolute atomic E-state index is 0.00265. The number of hydrogen-bond acceptors (Lipinski definition) is 5. The average Bonchev–Trinajstić information content (AvgIpc) is 3.35. The van der Waals surface area contributed by atoms with E-state index < -0.39 is 6.04 Å². The molecule has 172 valence electrons. The summed E-state index contributed by atoms with van der Waals surface area (Å²) < 4.78 is 12.3. The maximum Gasteiger partial charge on any atom is 0.253 e. The molecule has 1 atom stereocenters. The Morgan fingerprint density at radius 2 is 1.59 bits per heavy atom. The normalized spacial score (nSPS) is 14.8. The van der Waals surface area contributed by atoms with Crippen LogP contribution >= 0.6 is 0 Å². The van der Waals surface area contributed by atoms with Crippen LogP contribution in [-0.4, -0.2) is 35.6 Å². The van der Waals surface area contributed by atoms with Gasteiger partial charge in [0, 0.05) is 5.69 Å². The van der Waals surface area contributed by atoms with Crippen molar-refractivity contribution in [3.8, 4) is 11.5 Å². The first kappa shape index (κ1) is 21.5. The molecule has 1 aromatic heterocycles. The summed E-state index contributed by atoms with van der Waals surface area (Å²) in [6, 6.07) is 21.6. The van der Waals surface area contributed by atoms with E-state index in [4.69, 9.17) is 14.5 Å². The highest BCUT2D eigenvalue weighted by Crippen LogP contribution is 2.37. The molecule has 3 aromatic carbocycles. The van der Waals surface area contributed by atoms with Crippen molar-refractivity contribution in [1.29, 1.82) is 0 Å². The first-order valence-electron chi connectivity index (χ1n) is 10.9. The second-order valence-corrected chi connectivity index (χ2v) is 8.04. The standard InChI is InChI=1S/C26H24N4O4/c1-33-19-11-7-17(8-12-19)16-29-25(32)23(30-22-6-4-3-5-21(22)28-26(29)30)15-24(31)27-18-9-13-20(34-2)14-10-18/h3-14,23H,15-16H2,1-2H3,(H,27,31)/t23-/m1/s1. The van der Waals surface area contributed by atoms with Crippen molar-refractivity contribution in [3.63, 3.8) is 0 Å². The molecule has 0 saturated carbocycles. The molecule has 2 heterocycles. The van der Waals surface area contributed by atoms with Crippen LogP contribution in [0.4, 0.5) is 11.6 Å². The summed E-state index contributed by atoms with van der Waals surface area (Å²) in [6.07, 6.45) is -0.00265. The maximum atomic E-state index is 13.5. The molecule has 0 saturated heterocycles. The first-order chi connectivity index (χ1) is 16.6. The summed E-state index contributed by atoms with van der Waals surface area (Å²) >= 11 is 0. The summed E-state index contributed by atoms with van der Waals surface area (Å²) in [5.74, 6) is 1.58. The van der Waals surface area contributed by atoms with Crippen LogP contribution in [0.3, 0.4) is 0 Å². The number of nitrogens with one attached hydrogen (secondary N) is 1. The molecule has 34 heavy (non-hydrogen) atoms. The van der Waals surface area contributed by atoms with Gasteiger partial charge in [0.2, 0.25) is 11.9 Å². The van der Waals surface area contributed by atoms with Gasteiger partial charge in [0.25, 0.3) is 5.91 Å². The number of carbonyl (C=O) groups excluding carboxylic acids is 2. The lowest BCUT2D eigenvalue weighted by Gasteiger charge is -2.16. The third-order valence-corrected chi connectivity index (χ3v) is 5.93. The summed E-state index contributed by atoms with van der Waals surface area (Å²) in [4.78, 5) is 32.8. The highest BCUT2D eigenvalue weighted by Gasteiger charge is 2.40. The molecule has 0 spiro atoms. The number of aromatic nitrogens is 2. The molecule has 1 aliphatic rings. The molecule has 0 radical (unpaired) electrons. The van der Waals surface area contributed by atoms with Crippen molar-refractivity contribution in [2.75, 3.05) is 24.4 Å². The number of nitrogens with zero attached hydrogens (tertiary/aromatic N) is 3. The minimum atomic E-state index is -0.682. The lowest BCUT2D eigenvalue weighted by Crippen LogP contribution is -2.31. The molecular formula is C26H24N4O4. The van der Waals surface area contributed by atoms with Crippen LogP contribution in [0.2, 0.25) is 0 Å². The summed E-state index contributed by atoms with van der Waals surface area (Å²) in [6.45, 7) is 0.350. The SMILES string of the molecule is COc1ccc(CN2C(=O)[C@@H](CC(=O)Nc3ccc(OC)cc3)n3c2nc2ccccc23)cc1. The Labute approximate surface area is 196 Å². The fourth-order valence-electron chi connectivity index (χ4n) is 4.22. The quantitative estimate of drug-likeness (QED) is 0.451. The van der Waals surface area contributed by atoms with E-state index in [0.717, 1.165) is 22.3 Å². The third-order valence-electron chi connectivity index (χ3n) is 5.93. The second kappa shape index (κ2) is 8.90. The predicted octanol–water partition coefficient (Wildman–Crippen LogP) is 4.17. The van der Waals surface area contributed by atoms with Gasteiger partial charge in [-0.05, 0) is 54.1 Å². The van der Waals surface area contributed by atoms with Crippen LogP contribution in [0.1, 0.15) is 18.0 Å². The molecule has 0 unspecified atom stereocenters. The van der Waals surface area contributed by atoms with Gasteiger partial charge in [-0.1, -0.05) is 24.3 Å². The van der Waals surface area contributed by atoms with Gasteiger partial charge in [0.1, 0.15) is 17.5 Å². The molecule has 0 fully saturated rings. The van der Waals surface area contributed by atoms with Gasteiger partial charge in [-0.2, -0.15) is 0 Å². The monoisotopic (exact) mass is 456 g/mol. The van der Waals surface area contributed by atoms with E-state index >= 15 is 0 Å². The molecule has 2 amide bonds. The molecule has 5 rings (SSSR count). The second-order valence-electron chi connectivity index (χ2n) is 8.04. The average molecular weight is 457 g/mol. The Bertz CT molecular complexity index is 1350. The molecule has 1 aliphatic heterocycles. The molecule has 1 N–H and O–H groups in total. The summed E-state index contributed by atoms with van der Waals surface area (Å²) in [7, 11) is 3.20. The largest absolute Gasteiger partial charge is 0.497 e. The summed E-state index contributed by atoms with van der Waals surface area (Å²) in [5.41, 5.74) is 3.19. The molecule has 0 aliphatic carbocycles. The van der Waals surface area contributed by atoms with Crippen LogP contribution in [0.15, 0.2) is 72.8 Å². The third kappa shape index (κ3) is 3.94. The molecule has 8 nitrogen and oxygen atoms in total. The molecule has 0 bridgehead atoms. The topological polar surface area (TPSA) is 85.7 Å². The number of para-hydroxylation sites is 2. The van der Waals surface area contributed by atoms with E-state index in [1.807, 2.05) is 53.1 Å². The molecular weight excluding hydrogens is 432 g/mol. The van der Waals surface area contributed by atoms with Gasteiger partial charge in [-0.15, -0.1) is 0 Å². The van der Waals surface area contributed by atoms with E-state index in [1.165, 1.54) is 0 Å². The van der Waals surface area contributed by atoms with E-state index in [9.17, 15) is 9.59 Å². The van der Waals surface area contributed by atoms with Gasteiger partial charge < -0.3 is 14.8 Å². The number of anilines is 2. The summed E-state index contributed by atoms with van der Waals surface area (Å²) in [5, 5.41) is 2.88. The Kier molecular flexibility index (Phi) is 5.63. The number of ether oxygens (including phenoxy) is 2. The smallest absolute Gasteiger partial charge is 0.253 e. The van der Waals surface area contributed by atoms with E-state index in [-0.39, 0.29) is 18.2 Å². The van der Waals surface area contributed by atoms with Crippen LogP contribution in [0.25, 0.3) is 11.0 Å². The van der Waals surface area contributed by atoms with E-state index in [1.54, 1.807) is 43.4 Å². The number of rotatable bonds is 7. The van der Waals surface area contributed by atoms with Gasteiger partial charge in [-0.3, -0.25) is 19.1 Å². The molecule has 4 aromatic rings. The predicted molar refractivity (Wildman–Crippen MR) is 129 cm³/mol. The van der Waals surface area contributed by atoms with Crippen LogP contribution in [-0.2, 0) is 16.1 Å². The zero-order valence-electron chi connectivity index (χ0n) is 18.9. The zero-order valence-corrected chi connectivity index (χ0v) is 18.9. The van der Waals surface area contributed by atoms with Gasteiger partial charge in [0.05, 0.1) is 38.2 Å². The number of imidazole rings is 1. The number of amides is 2. The first-order valence-corrected chi connectivity index (χ1v) is 10.9. The van der Waals surface area contributed by atoms with Crippen LogP contribution < -0.4 is 19.7 Å². The van der Waals surface area contributed by atoms with Crippen molar-refractivity contribution >= 4 is 34.5 Å². The Balaban J connectivity index is 1.42. The van der Waals surface area contributed by atoms with Gasteiger partial charge >= 0.3 is 0 Å². The van der Waals surface area contributed by atoms with E-state index in [0.29, 0.717) is 23.9 Å². The maximum absolute atomic E-state index is 13.5. The fourth-order valence-corrected chi connectivity index (χ4v) is 4.22.